The number of nitrogens with zero attached hydrogens (tertiary/aromatic N) is 2. The van der Waals surface area contributed by atoms with Crippen molar-refractivity contribution >= 4 is 21.6 Å². The van der Waals surface area contributed by atoms with Crippen molar-refractivity contribution in [3.05, 3.63) is 23.9 Å². The maximum absolute atomic E-state index is 12.6. The third-order valence-corrected chi connectivity index (χ3v) is 6.48. The fourth-order valence-corrected chi connectivity index (χ4v) is 4.09. The first kappa shape index (κ1) is 21.5. The Morgan fingerprint density at radius 1 is 1.33 bits per heavy atom. The van der Waals surface area contributed by atoms with E-state index in [1.165, 1.54) is 6.07 Å². The van der Waals surface area contributed by atoms with Gasteiger partial charge < -0.3 is 10.2 Å². The number of aromatic nitrogens is 1. The number of carbonyl (C=O) groups excluding carboxylic acids is 1. The molecule has 1 aliphatic heterocycles. The zero-order valence-corrected chi connectivity index (χ0v) is 16.1. The van der Waals surface area contributed by atoms with Crippen LogP contribution in [0.25, 0.3) is 0 Å². The van der Waals surface area contributed by atoms with Crippen LogP contribution in [-0.2, 0) is 20.8 Å². The van der Waals surface area contributed by atoms with E-state index in [9.17, 15) is 26.4 Å². The number of sulfone groups is 1. The van der Waals surface area contributed by atoms with Gasteiger partial charge in [-0.3, -0.25) is 4.79 Å². The van der Waals surface area contributed by atoms with Crippen molar-refractivity contribution in [1.29, 1.82) is 0 Å². The SMILES string of the molecule is CCS(=O)(=O)CC(C)NC(=O)C1CCN(c2ccc(C(F)(F)F)cn2)CC1. The predicted molar refractivity (Wildman–Crippen MR) is 96.1 cm³/mol. The predicted octanol–water partition coefficient (Wildman–Crippen LogP) is 2.26. The summed E-state index contributed by atoms with van der Waals surface area (Å²) in [6.07, 6.45) is -2.55. The molecular formula is C17H24F3N3O3S. The van der Waals surface area contributed by atoms with Gasteiger partial charge in [0.15, 0.2) is 9.84 Å². The van der Waals surface area contributed by atoms with Gasteiger partial charge in [-0.15, -0.1) is 0 Å². The molecule has 1 amide bonds. The molecule has 0 spiro atoms. The summed E-state index contributed by atoms with van der Waals surface area (Å²) in [5.41, 5.74) is -0.795. The van der Waals surface area contributed by atoms with Crippen LogP contribution < -0.4 is 10.2 Å². The van der Waals surface area contributed by atoms with Crippen LogP contribution in [0.1, 0.15) is 32.3 Å². The summed E-state index contributed by atoms with van der Waals surface area (Å²) in [5, 5.41) is 2.74. The van der Waals surface area contributed by atoms with Crippen LogP contribution in [0.3, 0.4) is 0 Å². The van der Waals surface area contributed by atoms with Crippen molar-refractivity contribution in [2.24, 2.45) is 5.92 Å². The normalized spacial score (nSPS) is 17.6. The fraction of sp³-hybridized carbons (Fsp3) is 0.647. The lowest BCUT2D eigenvalue weighted by molar-refractivity contribution is -0.137. The number of hydrogen-bond acceptors (Lipinski definition) is 5. The van der Waals surface area contributed by atoms with E-state index in [1.54, 1.807) is 13.8 Å². The first-order chi connectivity index (χ1) is 12.5. The lowest BCUT2D eigenvalue weighted by Gasteiger charge is -2.32. The molecule has 10 heteroatoms. The minimum absolute atomic E-state index is 0.0335. The lowest BCUT2D eigenvalue weighted by Crippen LogP contribution is -2.45. The molecule has 27 heavy (non-hydrogen) atoms. The molecule has 0 aliphatic carbocycles. The molecule has 2 heterocycles. The second-order valence-electron chi connectivity index (χ2n) is 6.77. The number of piperidine rings is 1. The number of pyridine rings is 1. The number of carbonyl (C=O) groups is 1. The highest BCUT2D eigenvalue weighted by molar-refractivity contribution is 7.91. The minimum Gasteiger partial charge on any atom is -0.357 e. The molecule has 1 aromatic heterocycles. The van der Waals surface area contributed by atoms with E-state index >= 15 is 0 Å². The van der Waals surface area contributed by atoms with Gasteiger partial charge in [0.25, 0.3) is 0 Å². The molecule has 0 saturated carbocycles. The van der Waals surface area contributed by atoms with Crippen molar-refractivity contribution < 1.29 is 26.4 Å². The quantitative estimate of drug-likeness (QED) is 0.783. The first-order valence-electron chi connectivity index (χ1n) is 8.81. The van der Waals surface area contributed by atoms with Gasteiger partial charge in [-0.25, -0.2) is 13.4 Å². The molecule has 2 rings (SSSR count). The average Bonchev–Trinajstić information content (AvgIpc) is 2.60. The van der Waals surface area contributed by atoms with Crippen LogP contribution in [0.5, 0.6) is 0 Å². The number of hydrogen-bond donors (Lipinski definition) is 1. The standard InChI is InChI=1S/C17H24F3N3O3S/c1-3-27(25,26)11-12(2)22-16(24)13-6-8-23(9-7-13)15-5-4-14(10-21-15)17(18,19)20/h4-5,10,12-13H,3,6-9,11H2,1-2H3,(H,22,24). The van der Waals surface area contributed by atoms with Crippen LogP contribution in [0.15, 0.2) is 18.3 Å². The minimum atomic E-state index is -4.42. The first-order valence-corrected chi connectivity index (χ1v) is 10.6. The Labute approximate surface area is 157 Å². The Kier molecular flexibility index (Phi) is 6.72. The summed E-state index contributed by atoms with van der Waals surface area (Å²) in [5.74, 6) is -0.0458. The molecule has 0 aromatic carbocycles. The van der Waals surface area contributed by atoms with E-state index in [-0.39, 0.29) is 23.3 Å². The van der Waals surface area contributed by atoms with Gasteiger partial charge in [0.2, 0.25) is 5.91 Å². The van der Waals surface area contributed by atoms with Gasteiger partial charge in [0.1, 0.15) is 5.82 Å². The van der Waals surface area contributed by atoms with Crippen molar-refractivity contribution in [1.82, 2.24) is 10.3 Å². The summed E-state index contributed by atoms with van der Waals surface area (Å²) in [6.45, 7) is 4.22. The number of halogens is 3. The second-order valence-corrected chi connectivity index (χ2v) is 9.17. The van der Waals surface area contributed by atoms with E-state index in [4.69, 9.17) is 0 Å². The van der Waals surface area contributed by atoms with Crippen LogP contribution in [-0.4, -0.2) is 49.9 Å². The molecule has 6 nitrogen and oxygen atoms in total. The Hall–Kier alpha value is -1.84. The summed E-state index contributed by atoms with van der Waals surface area (Å²) < 4.78 is 61.0. The molecule has 0 radical (unpaired) electrons. The van der Waals surface area contributed by atoms with Crippen molar-refractivity contribution in [3.63, 3.8) is 0 Å². The molecule has 0 bridgehead atoms. The second kappa shape index (κ2) is 8.45. The zero-order chi connectivity index (χ0) is 20.2. The Bertz CT molecular complexity index is 743. The molecule has 1 N–H and O–H groups in total. The Balaban J connectivity index is 1.86. The van der Waals surface area contributed by atoms with E-state index < -0.39 is 27.6 Å². The highest BCUT2D eigenvalue weighted by Crippen LogP contribution is 2.30. The highest BCUT2D eigenvalue weighted by Gasteiger charge is 2.31. The highest BCUT2D eigenvalue weighted by atomic mass is 32.2. The van der Waals surface area contributed by atoms with Gasteiger partial charge in [0.05, 0.1) is 11.3 Å². The van der Waals surface area contributed by atoms with Crippen LogP contribution in [0.2, 0.25) is 0 Å². The topological polar surface area (TPSA) is 79.4 Å². The Morgan fingerprint density at radius 3 is 2.44 bits per heavy atom. The molecular weight excluding hydrogens is 383 g/mol. The number of nitrogens with one attached hydrogen (secondary N) is 1. The molecule has 1 aliphatic rings. The van der Waals surface area contributed by atoms with Crippen LogP contribution >= 0.6 is 0 Å². The molecule has 1 aromatic rings. The van der Waals surface area contributed by atoms with Crippen molar-refractivity contribution in [2.75, 3.05) is 29.5 Å². The number of anilines is 1. The average molecular weight is 407 g/mol. The Morgan fingerprint density at radius 2 is 1.96 bits per heavy atom. The fourth-order valence-electron chi connectivity index (χ4n) is 3.01. The van der Waals surface area contributed by atoms with Gasteiger partial charge in [-0.05, 0) is 31.9 Å². The third-order valence-electron chi connectivity index (χ3n) is 4.60. The maximum Gasteiger partial charge on any atom is 0.417 e. The van der Waals surface area contributed by atoms with E-state index in [0.29, 0.717) is 31.7 Å². The summed E-state index contributed by atoms with van der Waals surface area (Å²) in [6, 6.07) is 1.87. The number of rotatable bonds is 6. The summed E-state index contributed by atoms with van der Waals surface area (Å²) in [7, 11) is -3.17. The molecule has 1 unspecified atom stereocenters. The number of amides is 1. The molecule has 152 valence electrons. The van der Waals surface area contributed by atoms with Gasteiger partial charge in [-0.2, -0.15) is 13.2 Å². The van der Waals surface area contributed by atoms with Crippen molar-refractivity contribution in [3.8, 4) is 0 Å². The van der Waals surface area contributed by atoms with Gasteiger partial charge in [-0.1, -0.05) is 6.92 Å². The molecule has 1 atom stereocenters. The number of alkyl halides is 3. The molecule has 1 fully saturated rings. The summed E-state index contributed by atoms with van der Waals surface area (Å²) >= 11 is 0. The van der Waals surface area contributed by atoms with Crippen molar-refractivity contribution in [2.45, 2.75) is 38.9 Å². The smallest absolute Gasteiger partial charge is 0.357 e. The van der Waals surface area contributed by atoms with Crippen LogP contribution in [0.4, 0.5) is 19.0 Å². The van der Waals surface area contributed by atoms with Gasteiger partial charge >= 0.3 is 6.18 Å². The third kappa shape index (κ3) is 6.08. The van der Waals surface area contributed by atoms with Gasteiger partial charge in [0, 0.05) is 37.0 Å². The zero-order valence-electron chi connectivity index (χ0n) is 15.3. The lowest BCUT2D eigenvalue weighted by atomic mass is 9.95. The molecule has 1 saturated heterocycles. The largest absolute Gasteiger partial charge is 0.417 e. The van der Waals surface area contributed by atoms with E-state index in [0.717, 1.165) is 12.3 Å². The summed E-state index contributed by atoms with van der Waals surface area (Å²) in [4.78, 5) is 18.0. The monoisotopic (exact) mass is 407 g/mol. The van der Waals surface area contributed by atoms with E-state index in [2.05, 4.69) is 10.3 Å². The van der Waals surface area contributed by atoms with Crippen LogP contribution in [0, 0.1) is 5.92 Å². The maximum atomic E-state index is 12.6. The van der Waals surface area contributed by atoms with E-state index in [1.807, 2.05) is 4.90 Å².